The van der Waals surface area contributed by atoms with Gasteiger partial charge < -0.3 is 42.9 Å². The SMILES string of the molecule is C[C@H](O/N=C(\C(=O)N[C@@H]1C(=O)N2C(C(=O)O)=C(C[n+]3ccc(N)c(NC(N)=O)c3)CSC12)c1nc(N)sc1Cl)C(=O)O. The number of anilines is 3. The van der Waals surface area contributed by atoms with Crippen molar-refractivity contribution >= 4 is 86.7 Å². The molecule has 1 saturated heterocycles. The Labute approximate surface area is 249 Å². The minimum Gasteiger partial charge on any atom is -0.478 e. The number of aromatic nitrogens is 2. The lowest BCUT2D eigenvalue weighted by Gasteiger charge is -2.49. The van der Waals surface area contributed by atoms with Crippen LogP contribution in [-0.2, 0) is 30.6 Å². The van der Waals surface area contributed by atoms with Gasteiger partial charge in [-0.1, -0.05) is 28.1 Å². The quantitative estimate of drug-likeness (QED) is 0.0740. The Morgan fingerprint density at radius 3 is 2.64 bits per heavy atom. The molecular weight excluding hydrogens is 618 g/mol. The van der Waals surface area contributed by atoms with Gasteiger partial charge in [0.05, 0.1) is 5.69 Å². The summed E-state index contributed by atoms with van der Waals surface area (Å²) in [6, 6.07) is -0.504. The number of amides is 4. The van der Waals surface area contributed by atoms with Gasteiger partial charge in [-0.15, -0.1) is 11.8 Å². The molecule has 0 aliphatic carbocycles. The number of rotatable bonds is 10. The summed E-state index contributed by atoms with van der Waals surface area (Å²) in [7, 11) is 0. The minimum atomic E-state index is -1.43. The largest absolute Gasteiger partial charge is 0.478 e. The number of nitrogens with zero attached hydrogens (tertiary/aromatic N) is 4. The van der Waals surface area contributed by atoms with Crippen molar-refractivity contribution in [2.45, 2.75) is 31.0 Å². The first-order valence-corrected chi connectivity index (χ1v) is 14.0. The zero-order chi connectivity index (χ0) is 30.9. The first kappa shape index (κ1) is 30.3. The standard InChI is InChI=1S/C22H22ClN9O8S2/c1-7(19(35)36)40-30-12(11-15(23)42-22(26)29-11)16(33)28-13-17(34)32-14(20(37)38)8(6-41-18(13)32)4-31-3-2-9(24)10(5-31)27-21(25)39/h2-3,5,7,13,18,24H,4,6H2,1H3,(H8,25,26,27,28,29,33,35,36,37,38,39)/p+1/b30-12-/t7-,13+,18?/m0/s1. The topological polar surface area (TPSA) is 270 Å². The molecule has 10 N–H and O–H groups in total. The van der Waals surface area contributed by atoms with Crippen molar-refractivity contribution in [3.8, 4) is 0 Å². The first-order chi connectivity index (χ1) is 19.8. The second-order valence-corrected chi connectivity index (χ2v) is 11.5. The van der Waals surface area contributed by atoms with Crippen LogP contribution in [0.3, 0.4) is 0 Å². The molecule has 17 nitrogen and oxygen atoms in total. The van der Waals surface area contributed by atoms with E-state index in [1.807, 2.05) is 0 Å². The van der Waals surface area contributed by atoms with Crippen LogP contribution in [0.4, 0.5) is 21.3 Å². The highest BCUT2D eigenvalue weighted by Crippen LogP contribution is 2.40. The van der Waals surface area contributed by atoms with Crippen molar-refractivity contribution in [1.82, 2.24) is 15.2 Å². The van der Waals surface area contributed by atoms with E-state index in [1.54, 1.807) is 10.8 Å². The Morgan fingerprint density at radius 1 is 1.33 bits per heavy atom. The number of pyridine rings is 1. The van der Waals surface area contributed by atoms with Gasteiger partial charge in [0.1, 0.15) is 32.8 Å². The molecule has 42 heavy (non-hydrogen) atoms. The highest BCUT2D eigenvalue weighted by molar-refractivity contribution is 8.00. The highest BCUT2D eigenvalue weighted by atomic mass is 35.5. The van der Waals surface area contributed by atoms with E-state index in [9.17, 15) is 29.1 Å². The minimum absolute atomic E-state index is 0.00390. The number of nitrogens with one attached hydrogen (secondary N) is 2. The van der Waals surface area contributed by atoms with Crippen LogP contribution in [0.15, 0.2) is 34.9 Å². The maximum Gasteiger partial charge on any atom is 0.352 e. The number of urea groups is 1. The fourth-order valence-corrected chi connectivity index (χ4v) is 6.22. The van der Waals surface area contributed by atoms with Crippen LogP contribution in [0.5, 0.6) is 0 Å². The van der Waals surface area contributed by atoms with Crippen molar-refractivity contribution < 1.29 is 43.6 Å². The van der Waals surface area contributed by atoms with E-state index < -0.39 is 53.0 Å². The Bertz CT molecular complexity index is 1560. The third kappa shape index (κ3) is 6.16. The number of nitrogen functional groups attached to an aromatic ring is 2. The number of carbonyl (C=O) groups is 5. The summed E-state index contributed by atoms with van der Waals surface area (Å²) in [6.07, 6.45) is 1.60. The van der Waals surface area contributed by atoms with Gasteiger partial charge in [-0.05, 0) is 6.92 Å². The zero-order valence-corrected chi connectivity index (χ0v) is 23.8. The molecule has 4 rings (SSSR count). The molecule has 2 aliphatic rings. The van der Waals surface area contributed by atoms with Crippen molar-refractivity contribution in [3.63, 3.8) is 0 Å². The van der Waals surface area contributed by atoms with Gasteiger partial charge in [-0.2, -0.15) is 4.57 Å². The smallest absolute Gasteiger partial charge is 0.352 e. The van der Waals surface area contributed by atoms with Gasteiger partial charge in [0, 0.05) is 17.4 Å². The number of nitrogens with two attached hydrogens (primary N) is 3. The summed E-state index contributed by atoms with van der Waals surface area (Å²) in [5.41, 5.74) is 16.5. The van der Waals surface area contributed by atoms with E-state index in [2.05, 4.69) is 20.8 Å². The number of β-lactam (4-membered cyclic amide) rings is 1. The van der Waals surface area contributed by atoms with Gasteiger partial charge in [0.2, 0.25) is 6.10 Å². The molecule has 0 radical (unpaired) electrons. The zero-order valence-electron chi connectivity index (χ0n) is 21.4. The molecule has 3 atom stereocenters. The average Bonchev–Trinajstić information content (AvgIpc) is 3.25. The number of carbonyl (C=O) groups excluding carboxylic acids is 3. The van der Waals surface area contributed by atoms with E-state index in [0.29, 0.717) is 5.57 Å². The molecule has 2 aliphatic heterocycles. The lowest BCUT2D eigenvalue weighted by atomic mass is 10.0. The second kappa shape index (κ2) is 12.1. The molecule has 2 aromatic heterocycles. The van der Waals surface area contributed by atoms with Crippen LogP contribution in [0.2, 0.25) is 4.34 Å². The van der Waals surface area contributed by atoms with Gasteiger partial charge in [-0.3, -0.25) is 14.5 Å². The molecule has 20 heteroatoms. The van der Waals surface area contributed by atoms with Crippen LogP contribution < -0.4 is 32.4 Å². The summed E-state index contributed by atoms with van der Waals surface area (Å²) < 4.78 is 1.53. The Balaban J connectivity index is 1.56. The first-order valence-electron chi connectivity index (χ1n) is 11.7. The third-order valence-electron chi connectivity index (χ3n) is 5.91. The van der Waals surface area contributed by atoms with Crippen molar-refractivity contribution in [2.75, 3.05) is 22.5 Å². The van der Waals surface area contributed by atoms with Crippen LogP contribution >= 0.6 is 34.7 Å². The molecular formula is C22H23ClN9O8S2+. The number of carboxylic acid groups (broad SMARTS) is 2. The van der Waals surface area contributed by atoms with E-state index in [1.165, 1.54) is 30.9 Å². The van der Waals surface area contributed by atoms with E-state index in [-0.39, 0.29) is 44.5 Å². The van der Waals surface area contributed by atoms with Crippen molar-refractivity contribution in [1.29, 1.82) is 0 Å². The Kier molecular flexibility index (Phi) is 8.73. The number of fused-ring (bicyclic) bond motifs is 1. The molecule has 0 bridgehead atoms. The van der Waals surface area contributed by atoms with Crippen LogP contribution in [0.1, 0.15) is 12.6 Å². The molecule has 222 valence electrons. The van der Waals surface area contributed by atoms with Crippen molar-refractivity contribution in [3.05, 3.63) is 39.8 Å². The fourth-order valence-electron chi connectivity index (χ4n) is 3.95. The van der Waals surface area contributed by atoms with Gasteiger partial charge in [-0.25, -0.2) is 19.4 Å². The van der Waals surface area contributed by atoms with Crippen LogP contribution in [-0.4, -0.2) is 78.9 Å². The maximum absolute atomic E-state index is 13.2. The number of primary amides is 1. The molecule has 1 fully saturated rings. The molecule has 4 amide bonds. The summed E-state index contributed by atoms with van der Waals surface area (Å²) in [6.45, 7) is 1.22. The maximum atomic E-state index is 13.2. The molecule has 0 spiro atoms. The summed E-state index contributed by atoms with van der Waals surface area (Å²) in [4.78, 5) is 70.9. The van der Waals surface area contributed by atoms with Gasteiger partial charge in [0.15, 0.2) is 29.8 Å². The number of thioether (sulfide) groups is 1. The fraction of sp³-hybridized carbons (Fsp3) is 0.273. The number of hydrogen-bond acceptors (Lipinski definition) is 12. The number of halogens is 1. The monoisotopic (exact) mass is 640 g/mol. The molecule has 0 saturated carbocycles. The summed E-state index contributed by atoms with van der Waals surface area (Å²) in [5.74, 6) is -4.23. The number of thiazole rings is 1. The third-order valence-corrected chi connectivity index (χ3v) is 8.33. The van der Waals surface area contributed by atoms with E-state index in [4.69, 9.17) is 38.7 Å². The van der Waals surface area contributed by atoms with Gasteiger partial charge in [0.25, 0.3) is 11.8 Å². The Hall–Kier alpha value is -4.62. The van der Waals surface area contributed by atoms with Crippen LogP contribution in [0, 0.1) is 0 Å². The molecule has 0 aromatic carbocycles. The number of oxime groups is 1. The number of hydrogen-bond donors (Lipinski definition) is 7. The Morgan fingerprint density at radius 2 is 2.05 bits per heavy atom. The second-order valence-electron chi connectivity index (χ2n) is 8.79. The average molecular weight is 641 g/mol. The molecule has 4 heterocycles. The number of carboxylic acids is 2. The summed E-state index contributed by atoms with van der Waals surface area (Å²) >= 11 is 8.16. The highest BCUT2D eigenvalue weighted by Gasteiger charge is 2.55. The van der Waals surface area contributed by atoms with Crippen molar-refractivity contribution in [2.24, 2.45) is 10.9 Å². The number of aliphatic carboxylic acids is 2. The lowest BCUT2D eigenvalue weighted by Crippen LogP contribution is -2.71. The normalized spacial score (nSPS) is 19.0. The summed E-state index contributed by atoms with van der Waals surface area (Å²) in [5, 5.41) is 26.7. The van der Waals surface area contributed by atoms with Crippen LogP contribution in [0.25, 0.3) is 0 Å². The molecule has 2 aromatic rings. The molecule has 1 unspecified atom stereocenters. The predicted octanol–water partition coefficient (Wildman–Crippen LogP) is -0.628. The van der Waals surface area contributed by atoms with Gasteiger partial charge >= 0.3 is 18.0 Å². The predicted molar refractivity (Wildman–Crippen MR) is 150 cm³/mol. The van der Waals surface area contributed by atoms with E-state index in [0.717, 1.165) is 16.2 Å². The van der Waals surface area contributed by atoms with E-state index >= 15 is 0 Å². The lowest BCUT2D eigenvalue weighted by molar-refractivity contribution is -0.688.